The summed E-state index contributed by atoms with van der Waals surface area (Å²) in [5, 5.41) is 0. The summed E-state index contributed by atoms with van der Waals surface area (Å²) >= 11 is 0. The predicted molar refractivity (Wildman–Crippen MR) is 124 cm³/mol. The molecule has 1 saturated heterocycles. The quantitative estimate of drug-likeness (QED) is 0.611. The maximum absolute atomic E-state index is 13.3. The smallest absolute Gasteiger partial charge is 0.261 e. The lowest BCUT2D eigenvalue weighted by molar-refractivity contribution is 0.0735. The summed E-state index contributed by atoms with van der Waals surface area (Å²) in [6.45, 7) is 1.72. The fraction of sp³-hybridized carbons (Fsp3) is 0.240. The van der Waals surface area contributed by atoms with Crippen molar-refractivity contribution in [1.29, 1.82) is 0 Å². The van der Waals surface area contributed by atoms with Crippen molar-refractivity contribution >= 4 is 21.6 Å². The number of hydrogen-bond donors (Lipinski definition) is 1. The molecular formula is C25H24N2O5S. The lowest BCUT2D eigenvalue weighted by Gasteiger charge is -2.27. The highest BCUT2D eigenvalue weighted by atomic mass is 32.2. The van der Waals surface area contributed by atoms with Crippen molar-refractivity contribution in [3.05, 3.63) is 83.9 Å². The lowest BCUT2D eigenvalue weighted by atomic mass is 10.0. The average Bonchev–Trinajstić information content (AvgIpc) is 3.34. The molecule has 5 rings (SSSR count). The van der Waals surface area contributed by atoms with Gasteiger partial charge in [0.05, 0.1) is 10.9 Å². The van der Waals surface area contributed by atoms with Gasteiger partial charge in [0.15, 0.2) is 11.5 Å². The Morgan fingerprint density at radius 2 is 1.64 bits per heavy atom. The van der Waals surface area contributed by atoms with Crippen molar-refractivity contribution in [2.45, 2.75) is 23.8 Å². The van der Waals surface area contributed by atoms with Gasteiger partial charge in [-0.3, -0.25) is 9.52 Å². The van der Waals surface area contributed by atoms with Crippen molar-refractivity contribution in [3.8, 4) is 11.5 Å². The standard InChI is InChI=1S/C25H24N2O5S/c28-25(18-8-11-20(12-9-18)26-33(29,30)21-5-2-1-3-6-21)27-14-4-7-22(27)19-10-13-23-24(17-19)32-16-15-31-23/h1-3,5-6,8-13,17,22,26H,4,7,14-16H2. The first-order chi connectivity index (χ1) is 16.0. The van der Waals surface area contributed by atoms with Crippen LogP contribution in [0.2, 0.25) is 0 Å². The number of likely N-dealkylation sites (tertiary alicyclic amines) is 1. The van der Waals surface area contributed by atoms with Crippen LogP contribution in [-0.2, 0) is 10.0 Å². The largest absolute Gasteiger partial charge is 0.486 e. The lowest BCUT2D eigenvalue weighted by Crippen LogP contribution is -2.30. The van der Waals surface area contributed by atoms with E-state index in [4.69, 9.17) is 9.47 Å². The number of nitrogens with one attached hydrogen (secondary N) is 1. The molecule has 0 aliphatic carbocycles. The van der Waals surface area contributed by atoms with Crippen molar-refractivity contribution in [2.24, 2.45) is 0 Å². The molecule has 1 N–H and O–H groups in total. The van der Waals surface area contributed by atoms with Crippen LogP contribution in [-0.4, -0.2) is 39.0 Å². The number of carbonyl (C=O) groups excluding carboxylic acids is 1. The highest BCUT2D eigenvalue weighted by Crippen LogP contribution is 2.38. The summed E-state index contributed by atoms with van der Waals surface area (Å²) in [6, 6.07) is 20.5. The second kappa shape index (κ2) is 8.78. The molecular weight excluding hydrogens is 440 g/mol. The van der Waals surface area contributed by atoms with Gasteiger partial charge in [-0.05, 0) is 66.9 Å². The van der Waals surface area contributed by atoms with Gasteiger partial charge < -0.3 is 14.4 Å². The van der Waals surface area contributed by atoms with E-state index in [-0.39, 0.29) is 16.8 Å². The fourth-order valence-electron chi connectivity index (χ4n) is 4.28. The van der Waals surface area contributed by atoms with E-state index in [1.807, 2.05) is 23.1 Å². The molecule has 7 nitrogen and oxygen atoms in total. The van der Waals surface area contributed by atoms with Gasteiger partial charge in [0, 0.05) is 17.8 Å². The minimum Gasteiger partial charge on any atom is -0.486 e. The number of amides is 1. The van der Waals surface area contributed by atoms with E-state index in [9.17, 15) is 13.2 Å². The van der Waals surface area contributed by atoms with Gasteiger partial charge in [-0.2, -0.15) is 0 Å². The molecule has 0 bridgehead atoms. The maximum atomic E-state index is 13.3. The van der Waals surface area contributed by atoms with Crippen LogP contribution in [0.5, 0.6) is 11.5 Å². The third-order valence-corrected chi connectivity index (χ3v) is 7.30. The normalized spacial score (nSPS) is 17.6. The first kappa shape index (κ1) is 21.3. The molecule has 0 saturated carbocycles. The van der Waals surface area contributed by atoms with Crippen LogP contribution in [0.25, 0.3) is 0 Å². The fourth-order valence-corrected chi connectivity index (χ4v) is 5.36. The summed E-state index contributed by atoms with van der Waals surface area (Å²) in [7, 11) is -3.68. The van der Waals surface area contributed by atoms with Crippen LogP contribution < -0.4 is 14.2 Å². The molecule has 3 aromatic carbocycles. The summed E-state index contributed by atoms with van der Waals surface area (Å²) in [4.78, 5) is 15.3. The highest BCUT2D eigenvalue weighted by Gasteiger charge is 2.31. The Hall–Kier alpha value is -3.52. The van der Waals surface area contributed by atoms with Gasteiger partial charge in [0.2, 0.25) is 0 Å². The third kappa shape index (κ3) is 4.39. The third-order valence-electron chi connectivity index (χ3n) is 5.90. The van der Waals surface area contributed by atoms with Crippen LogP contribution >= 0.6 is 0 Å². The number of nitrogens with zero attached hydrogens (tertiary/aromatic N) is 1. The van der Waals surface area contributed by atoms with Crippen molar-refractivity contribution in [3.63, 3.8) is 0 Å². The van der Waals surface area contributed by atoms with Gasteiger partial charge in [0.1, 0.15) is 13.2 Å². The Balaban J connectivity index is 1.32. The summed E-state index contributed by atoms with van der Waals surface area (Å²) in [6.07, 6.45) is 1.79. The van der Waals surface area contributed by atoms with Crippen molar-refractivity contribution in [2.75, 3.05) is 24.5 Å². The van der Waals surface area contributed by atoms with E-state index < -0.39 is 10.0 Å². The van der Waals surface area contributed by atoms with Gasteiger partial charge in [-0.1, -0.05) is 24.3 Å². The molecule has 1 amide bonds. The zero-order valence-electron chi connectivity index (χ0n) is 17.9. The molecule has 2 heterocycles. The number of benzene rings is 3. The maximum Gasteiger partial charge on any atom is 0.261 e. The van der Waals surface area contributed by atoms with Crippen LogP contribution in [0.4, 0.5) is 5.69 Å². The Labute approximate surface area is 193 Å². The van der Waals surface area contributed by atoms with Gasteiger partial charge in [0.25, 0.3) is 15.9 Å². The number of fused-ring (bicyclic) bond motifs is 1. The zero-order valence-corrected chi connectivity index (χ0v) is 18.8. The molecule has 1 atom stereocenters. The van der Waals surface area contributed by atoms with Crippen molar-refractivity contribution in [1.82, 2.24) is 4.90 Å². The van der Waals surface area contributed by atoms with E-state index in [1.54, 1.807) is 42.5 Å². The molecule has 2 aliphatic rings. The number of ether oxygens (including phenoxy) is 2. The molecule has 33 heavy (non-hydrogen) atoms. The van der Waals surface area contributed by atoms with Crippen LogP contribution in [0.3, 0.4) is 0 Å². The Morgan fingerprint density at radius 1 is 0.909 bits per heavy atom. The minimum atomic E-state index is -3.68. The van der Waals surface area contributed by atoms with Crippen LogP contribution in [0, 0.1) is 0 Å². The number of anilines is 1. The number of rotatable bonds is 5. The first-order valence-corrected chi connectivity index (χ1v) is 12.4. The molecule has 0 radical (unpaired) electrons. The number of sulfonamides is 1. The Kier molecular flexibility index (Phi) is 5.68. The molecule has 3 aromatic rings. The highest BCUT2D eigenvalue weighted by molar-refractivity contribution is 7.92. The molecule has 0 spiro atoms. The topological polar surface area (TPSA) is 84.9 Å². The monoisotopic (exact) mass is 464 g/mol. The molecule has 1 unspecified atom stereocenters. The summed E-state index contributed by atoms with van der Waals surface area (Å²) < 4.78 is 38.9. The van der Waals surface area contributed by atoms with Gasteiger partial charge in [-0.25, -0.2) is 8.42 Å². The predicted octanol–water partition coefficient (Wildman–Crippen LogP) is 4.24. The van der Waals surface area contributed by atoms with Crippen LogP contribution in [0.1, 0.15) is 34.8 Å². The van der Waals surface area contributed by atoms with Crippen molar-refractivity contribution < 1.29 is 22.7 Å². The molecule has 0 aromatic heterocycles. The summed E-state index contributed by atoms with van der Waals surface area (Å²) in [5.74, 6) is 1.37. The Morgan fingerprint density at radius 3 is 2.39 bits per heavy atom. The van der Waals surface area contributed by atoms with E-state index in [2.05, 4.69) is 4.72 Å². The van der Waals surface area contributed by atoms with E-state index in [0.29, 0.717) is 36.8 Å². The van der Waals surface area contributed by atoms with E-state index in [1.165, 1.54) is 12.1 Å². The molecule has 1 fully saturated rings. The molecule has 2 aliphatic heterocycles. The number of carbonyl (C=O) groups is 1. The molecule has 170 valence electrons. The first-order valence-electron chi connectivity index (χ1n) is 10.9. The van der Waals surface area contributed by atoms with Gasteiger partial charge >= 0.3 is 0 Å². The Bertz CT molecular complexity index is 1260. The van der Waals surface area contributed by atoms with E-state index >= 15 is 0 Å². The van der Waals surface area contributed by atoms with Crippen LogP contribution in [0.15, 0.2) is 77.7 Å². The molecule has 8 heteroatoms. The van der Waals surface area contributed by atoms with Gasteiger partial charge in [-0.15, -0.1) is 0 Å². The number of hydrogen-bond acceptors (Lipinski definition) is 5. The van der Waals surface area contributed by atoms with E-state index in [0.717, 1.165) is 24.2 Å². The average molecular weight is 465 g/mol. The second-order valence-electron chi connectivity index (χ2n) is 8.06. The SMILES string of the molecule is O=C(c1ccc(NS(=O)(=O)c2ccccc2)cc1)N1CCCC1c1ccc2c(c1)OCCO2. The zero-order chi connectivity index (χ0) is 22.8. The second-order valence-corrected chi connectivity index (χ2v) is 9.74. The minimum absolute atomic E-state index is 0.0374. The summed E-state index contributed by atoms with van der Waals surface area (Å²) in [5.41, 5.74) is 1.94.